The van der Waals surface area contributed by atoms with Crippen molar-refractivity contribution in [2.45, 2.75) is 24.4 Å². The number of quaternary nitrogens is 1. The van der Waals surface area contributed by atoms with Crippen molar-refractivity contribution >= 4 is 23.4 Å². The van der Waals surface area contributed by atoms with Crippen LogP contribution in [0, 0.1) is 0 Å². The lowest BCUT2D eigenvalue weighted by molar-refractivity contribution is -0.902. The van der Waals surface area contributed by atoms with Gasteiger partial charge in [0.25, 0.3) is 0 Å². The predicted octanol–water partition coefficient (Wildman–Crippen LogP) is 3.14. The Labute approximate surface area is 168 Å². The van der Waals surface area contributed by atoms with Gasteiger partial charge >= 0.3 is 0 Å². The van der Waals surface area contributed by atoms with Gasteiger partial charge in [-0.15, -0.1) is 10.2 Å². The van der Waals surface area contributed by atoms with Gasteiger partial charge in [-0.1, -0.05) is 29.4 Å². The summed E-state index contributed by atoms with van der Waals surface area (Å²) in [6.45, 7) is 3.76. The van der Waals surface area contributed by atoms with Crippen LogP contribution in [-0.4, -0.2) is 45.1 Å². The number of nitrogens with zero attached hydrogens (tertiary/aromatic N) is 4. The van der Waals surface area contributed by atoms with E-state index in [2.05, 4.69) is 19.7 Å². The lowest BCUT2D eigenvalue weighted by atomic mass is 10.1. The number of halogens is 1. The van der Waals surface area contributed by atoms with E-state index in [1.165, 1.54) is 32.4 Å². The van der Waals surface area contributed by atoms with E-state index in [0.717, 1.165) is 34.5 Å². The molecule has 4 rings (SSSR count). The molecule has 0 aliphatic carbocycles. The molecule has 0 spiro atoms. The van der Waals surface area contributed by atoms with Crippen LogP contribution in [0.2, 0.25) is 5.02 Å². The second-order valence-electron chi connectivity index (χ2n) is 6.77. The molecule has 7 heteroatoms. The normalized spacial score (nSPS) is 15.1. The van der Waals surface area contributed by atoms with E-state index in [9.17, 15) is 0 Å². The molecule has 2 aromatic heterocycles. The van der Waals surface area contributed by atoms with Crippen molar-refractivity contribution in [3.63, 3.8) is 0 Å². The van der Waals surface area contributed by atoms with Crippen LogP contribution in [0.15, 0.2) is 53.9 Å². The Balaban J connectivity index is 1.60. The van der Waals surface area contributed by atoms with Gasteiger partial charge in [0.1, 0.15) is 0 Å². The fourth-order valence-corrected chi connectivity index (χ4v) is 4.67. The molecule has 5 nitrogen and oxygen atoms in total. The summed E-state index contributed by atoms with van der Waals surface area (Å²) in [6.07, 6.45) is 7.64. The summed E-state index contributed by atoms with van der Waals surface area (Å²) < 4.78 is 2.09. The molecule has 1 aliphatic heterocycles. The molecule has 0 unspecified atom stereocenters. The summed E-state index contributed by atoms with van der Waals surface area (Å²) in [5.74, 6) is 1.84. The number of hydrogen-bond acceptors (Lipinski definition) is 4. The Kier molecular flexibility index (Phi) is 6.07. The molecule has 1 N–H and O–H groups in total. The number of rotatable bonds is 6. The van der Waals surface area contributed by atoms with Gasteiger partial charge in [-0.05, 0) is 49.6 Å². The molecule has 3 aromatic rings. The maximum Gasteiger partial charge on any atom is 0.196 e. The lowest BCUT2D eigenvalue weighted by Crippen LogP contribution is -3.13. The molecule has 3 heterocycles. The Morgan fingerprint density at radius 2 is 1.85 bits per heavy atom. The van der Waals surface area contributed by atoms with E-state index in [4.69, 9.17) is 11.6 Å². The van der Waals surface area contributed by atoms with Crippen LogP contribution in [0.5, 0.6) is 0 Å². The third-order valence-corrected chi connectivity index (χ3v) is 6.05. The minimum atomic E-state index is 0.704. The van der Waals surface area contributed by atoms with Gasteiger partial charge < -0.3 is 4.90 Å². The number of aromatic nitrogens is 4. The van der Waals surface area contributed by atoms with Gasteiger partial charge in [-0.2, -0.15) is 0 Å². The Bertz CT molecular complexity index is 877. The van der Waals surface area contributed by atoms with Crippen LogP contribution in [0.4, 0.5) is 0 Å². The Morgan fingerprint density at radius 1 is 1.04 bits per heavy atom. The van der Waals surface area contributed by atoms with E-state index in [1.54, 1.807) is 29.1 Å². The summed E-state index contributed by atoms with van der Waals surface area (Å²) >= 11 is 8.01. The molecule has 1 fully saturated rings. The first-order valence-electron chi connectivity index (χ1n) is 9.39. The molecule has 0 bridgehead atoms. The van der Waals surface area contributed by atoms with Crippen molar-refractivity contribution in [3.05, 3.63) is 53.8 Å². The maximum atomic E-state index is 6.24. The van der Waals surface area contributed by atoms with E-state index < -0.39 is 0 Å². The Hall–Kier alpha value is -1.89. The minimum Gasteiger partial charge on any atom is -0.334 e. The Morgan fingerprint density at radius 3 is 2.63 bits per heavy atom. The first kappa shape index (κ1) is 18.5. The standard InChI is InChI=1S/C20H22ClN5S/c21-17-5-4-6-18(15-17)26-19(16-7-9-22-10-8-16)23-24-20(26)27-14-13-25-11-2-1-3-12-25/h4-10,15H,1-3,11-14H2/p+1. The SMILES string of the molecule is Clc1cccc(-n2c(SCC[NH+]3CCCCC3)nnc2-c2ccncc2)c1. The molecule has 27 heavy (non-hydrogen) atoms. The number of benzene rings is 1. The van der Waals surface area contributed by atoms with Crippen molar-refractivity contribution < 1.29 is 4.90 Å². The topological polar surface area (TPSA) is 48.0 Å². The zero-order valence-electron chi connectivity index (χ0n) is 15.1. The van der Waals surface area contributed by atoms with Crippen LogP contribution in [0.25, 0.3) is 17.1 Å². The first-order valence-corrected chi connectivity index (χ1v) is 10.8. The summed E-state index contributed by atoms with van der Waals surface area (Å²) in [5.41, 5.74) is 1.97. The zero-order chi connectivity index (χ0) is 18.5. The van der Waals surface area contributed by atoms with Gasteiger partial charge in [0.15, 0.2) is 11.0 Å². The molecule has 0 amide bonds. The molecule has 140 valence electrons. The summed E-state index contributed by atoms with van der Waals surface area (Å²) in [7, 11) is 0. The van der Waals surface area contributed by atoms with Crippen LogP contribution < -0.4 is 4.90 Å². The van der Waals surface area contributed by atoms with Crippen LogP contribution >= 0.6 is 23.4 Å². The molecule has 0 atom stereocenters. The second-order valence-corrected chi connectivity index (χ2v) is 8.26. The number of hydrogen-bond donors (Lipinski definition) is 1. The van der Waals surface area contributed by atoms with Gasteiger partial charge in [0, 0.05) is 23.0 Å². The first-order chi connectivity index (χ1) is 13.3. The number of pyridine rings is 1. The highest BCUT2D eigenvalue weighted by Crippen LogP contribution is 2.28. The highest BCUT2D eigenvalue weighted by atomic mass is 35.5. The van der Waals surface area contributed by atoms with Crippen LogP contribution in [0.1, 0.15) is 19.3 Å². The molecule has 1 aliphatic rings. The van der Waals surface area contributed by atoms with Crippen LogP contribution in [-0.2, 0) is 0 Å². The minimum absolute atomic E-state index is 0.704. The van der Waals surface area contributed by atoms with Gasteiger partial charge in [-0.25, -0.2) is 0 Å². The molecule has 0 radical (unpaired) electrons. The van der Waals surface area contributed by atoms with E-state index in [-0.39, 0.29) is 0 Å². The maximum absolute atomic E-state index is 6.24. The van der Waals surface area contributed by atoms with E-state index in [1.807, 2.05) is 36.4 Å². The fraction of sp³-hybridized carbons (Fsp3) is 0.350. The van der Waals surface area contributed by atoms with E-state index in [0.29, 0.717) is 5.02 Å². The van der Waals surface area contributed by atoms with Crippen molar-refractivity contribution in [1.29, 1.82) is 0 Å². The van der Waals surface area contributed by atoms with Crippen molar-refractivity contribution in [2.24, 2.45) is 0 Å². The molecular formula is C20H23ClN5S+. The van der Waals surface area contributed by atoms with Gasteiger partial charge in [0.2, 0.25) is 0 Å². The molecule has 1 saturated heterocycles. The number of likely N-dealkylation sites (tertiary alicyclic amines) is 1. The van der Waals surface area contributed by atoms with Crippen molar-refractivity contribution in [2.75, 3.05) is 25.4 Å². The van der Waals surface area contributed by atoms with E-state index >= 15 is 0 Å². The quantitative estimate of drug-likeness (QED) is 0.646. The lowest BCUT2D eigenvalue weighted by Gasteiger charge is -2.23. The third-order valence-electron chi connectivity index (χ3n) is 4.89. The van der Waals surface area contributed by atoms with Gasteiger partial charge in [0.05, 0.1) is 31.1 Å². The fourth-order valence-electron chi connectivity index (χ4n) is 3.49. The number of nitrogens with one attached hydrogen (secondary N) is 1. The summed E-state index contributed by atoms with van der Waals surface area (Å²) in [4.78, 5) is 5.81. The highest BCUT2D eigenvalue weighted by Gasteiger charge is 2.18. The number of piperidine rings is 1. The largest absolute Gasteiger partial charge is 0.334 e. The van der Waals surface area contributed by atoms with Crippen molar-refractivity contribution in [3.8, 4) is 17.1 Å². The molecular weight excluding hydrogens is 378 g/mol. The second kappa shape index (κ2) is 8.87. The monoisotopic (exact) mass is 400 g/mol. The average molecular weight is 401 g/mol. The summed E-state index contributed by atoms with van der Waals surface area (Å²) in [5, 5.41) is 10.6. The molecule has 1 aromatic carbocycles. The average Bonchev–Trinajstić information content (AvgIpc) is 3.13. The highest BCUT2D eigenvalue weighted by molar-refractivity contribution is 7.99. The number of thioether (sulfide) groups is 1. The third kappa shape index (κ3) is 4.51. The zero-order valence-corrected chi connectivity index (χ0v) is 16.7. The van der Waals surface area contributed by atoms with Crippen molar-refractivity contribution in [1.82, 2.24) is 19.7 Å². The summed E-state index contributed by atoms with van der Waals surface area (Å²) in [6, 6.07) is 11.7. The smallest absolute Gasteiger partial charge is 0.196 e. The van der Waals surface area contributed by atoms with Crippen LogP contribution in [0.3, 0.4) is 0 Å². The van der Waals surface area contributed by atoms with Gasteiger partial charge in [-0.3, -0.25) is 9.55 Å². The molecule has 0 saturated carbocycles. The predicted molar refractivity (Wildman–Crippen MR) is 110 cm³/mol.